The van der Waals surface area contributed by atoms with Gasteiger partial charge in [0.25, 0.3) is 23.6 Å². The molecule has 0 fully saturated rings. The minimum Gasteiger partial charge on any atom is -0.324 e. The topological polar surface area (TPSA) is 200 Å². The standard InChI is InChI=1S/C44H40Cl2N8O6/c1-5-27-21-33(49-43(59)38(25(3)55)53-51-36-23-29(17-19-34(36)45)41(57)47-31-13-9-7-10-14-31)22-28(6-2)40(27)50-44(60)39(26(4)56)54-52-37-24-30(18-20-35(37)46)42(58)48-32-15-11-8-12-16-32/h7-24,38-39H,5-6H2,1-4H3,(H,47,57)(H,48,58)(H,49,59)(H,50,60). The van der Waals surface area contributed by atoms with Gasteiger partial charge in [0.15, 0.2) is 11.6 Å². The molecular formula is C44H40Cl2N8O6. The average Bonchev–Trinajstić information content (AvgIpc) is 3.22. The predicted molar refractivity (Wildman–Crippen MR) is 232 cm³/mol. The molecule has 2 atom stereocenters. The van der Waals surface area contributed by atoms with Gasteiger partial charge in [0.2, 0.25) is 12.1 Å². The Morgan fingerprint density at radius 3 is 1.30 bits per heavy atom. The van der Waals surface area contributed by atoms with E-state index in [1.807, 2.05) is 26.0 Å². The first kappa shape index (κ1) is 44.2. The molecule has 60 heavy (non-hydrogen) atoms. The molecular weight excluding hydrogens is 807 g/mol. The van der Waals surface area contributed by atoms with Gasteiger partial charge in [-0.15, -0.1) is 0 Å². The molecule has 0 aliphatic carbocycles. The number of para-hydroxylation sites is 2. The summed E-state index contributed by atoms with van der Waals surface area (Å²) in [6.45, 7) is 6.07. The Labute approximate surface area is 355 Å². The van der Waals surface area contributed by atoms with Crippen molar-refractivity contribution in [1.29, 1.82) is 0 Å². The lowest BCUT2D eigenvalue weighted by molar-refractivity contribution is -0.127. The number of hydrogen-bond acceptors (Lipinski definition) is 10. The van der Waals surface area contributed by atoms with Crippen molar-refractivity contribution in [2.75, 3.05) is 21.3 Å². The highest BCUT2D eigenvalue weighted by Gasteiger charge is 2.27. The van der Waals surface area contributed by atoms with Gasteiger partial charge in [-0.25, -0.2) is 0 Å². The van der Waals surface area contributed by atoms with Crippen LogP contribution in [0.25, 0.3) is 0 Å². The molecule has 16 heteroatoms. The lowest BCUT2D eigenvalue weighted by Gasteiger charge is -2.19. The van der Waals surface area contributed by atoms with Crippen molar-refractivity contribution in [3.8, 4) is 0 Å². The number of amides is 4. The maximum atomic E-state index is 13.6. The van der Waals surface area contributed by atoms with E-state index in [0.29, 0.717) is 46.7 Å². The maximum Gasteiger partial charge on any atom is 0.258 e. The molecule has 306 valence electrons. The van der Waals surface area contributed by atoms with E-state index in [1.54, 1.807) is 60.7 Å². The summed E-state index contributed by atoms with van der Waals surface area (Å²) in [7, 11) is 0. The number of hydrogen-bond donors (Lipinski definition) is 4. The molecule has 0 spiro atoms. The monoisotopic (exact) mass is 846 g/mol. The average molecular weight is 848 g/mol. The van der Waals surface area contributed by atoms with E-state index in [2.05, 4.69) is 41.7 Å². The van der Waals surface area contributed by atoms with Crippen molar-refractivity contribution in [3.63, 3.8) is 0 Å². The number of nitrogens with zero attached hydrogens (tertiary/aromatic N) is 4. The Morgan fingerprint density at radius 2 is 0.917 bits per heavy atom. The highest BCUT2D eigenvalue weighted by atomic mass is 35.5. The summed E-state index contributed by atoms with van der Waals surface area (Å²) in [5.41, 5.74) is 3.72. The Hall–Kier alpha value is -6.90. The first-order valence-corrected chi connectivity index (χ1v) is 19.5. The summed E-state index contributed by atoms with van der Waals surface area (Å²) < 4.78 is 0. The molecule has 4 N–H and O–H groups in total. The van der Waals surface area contributed by atoms with Gasteiger partial charge in [0.1, 0.15) is 11.4 Å². The van der Waals surface area contributed by atoms with Crippen LogP contribution in [0, 0.1) is 0 Å². The minimum atomic E-state index is -1.56. The molecule has 0 aromatic heterocycles. The fraction of sp³-hybridized carbons (Fsp3) is 0.182. The summed E-state index contributed by atoms with van der Waals surface area (Å²) in [6.07, 6.45) is 0.795. The third-order valence-corrected chi connectivity index (χ3v) is 9.53. The van der Waals surface area contributed by atoms with Crippen molar-refractivity contribution in [3.05, 3.63) is 141 Å². The molecule has 0 saturated carbocycles. The number of nitrogens with one attached hydrogen (secondary N) is 4. The number of halogens is 2. The highest BCUT2D eigenvalue weighted by molar-refractivity contribution is 6.33. The summed E-state index contributed by atoms with van der Waals surface area (Å²) >= 11 is 12.7. The van der Waals surface area contributed by atoms with Gasteiger partial charge in [-0.05, 0) is 111 Å². The van der Waals surface area contributed by atoms with Crippen LogP contribution < -0.4 is 21.3 Å². The van der Waals surface area contributed by atoms with E-state index >= 15 is 0 Å². The second-order valence-electron chi connectivity index (χ2n) is 13.3. The first-order chi connectivity index (χ1) is 28.8. The van der Waals surface area contributed by atoms with Crippen LogP contribution >= 0.6 is 23.2 Å². The molecule has 0 aliphatic heterocycles. The largest absolute Gasteiger partial charge is 0.324 e. The van der Waals surface area contributed by atoms with Crippen molar-refractivity contribution in [1.82, 2.24) is 0 Å². The van der Waals surface area contributed by atoms with Gasteiger partial charge in [-0.2, -0.15) is 20.5 Å². The lowest BCUT2D eigenvalue weighted by atomic mass is 10.0. The van der Waals surface area contributed by atoms with E-state index in [4.69, 9.17) is 23.2 Å². The van der Waals surface area contributed by atoms with Gasteiger partial charge in [0, 0.05) is 33.9 Å². The van der Waals surface area contributed by atoms with Crippen LogP contribution in [0.5, 0.6) is 0 Å². The quantitative estimate of drug-likeness (QED) is 0.0562. The zero-order chi connectivity index (χ0) is 43.3. The van der Waals surface area contributed by atoms with Crippen LogP contribution in [-0.2, 0) is 32.0 Å². The number of carbonyl (C=O) groups is 6. The number of benzene rings is 5. The third-order valence-electron chi connectivity index (χ3n) is 8.89. The van der Waals surface area contributed by atoms with Gasteiger partial charge >= 0.3 is 0 Å². The summed E-state index contributed by atoms with van der Waals surface area (Å²) in [5.74, 6) is -3.59. The summed E-state index contributed by atoms with van der Waals surface area (Å²) in [6, 6.07) is 26.5. The molecule has 5 aromatic rings. The fourth-order valence-corrected chi connectivity index (χ4v) is 6.06. The molecule has 5 rings (SSSR count). The SMILES string of the molecule is CCc1cc(NC(=O)C(N=Nc2cc(C(=O)Nc3ccccc3)ccc2Cl)C(C)=O)cc(CC)c1NC(=O)C(N=Nc1cc(C(=O)Nc2ccccc2)ccc1Cl)C(C)=O. The van der Waals surface area contributed by atoms with Crippen molar-refractivity contribution in [2.45, 2.75) is 52.6 Å². The van der Waals surface area contributed by atoms with E-state index in [1.165, 1.54) is 50.2 Å². The fourth-order valence-electron chi connectivity index (χ4n) is 5.75. The van der Waals surface area contributed by atoms with Crippen LogP contribution in [0.4, 0.5) is 34.1 Å². The second-order valence-corrected chi connectivity index (χ2v) is 14.1. The Kier molecular flexibility index (Phi) is 15.2. The van der Waals surface area contributed by atoms with E-state index in [-0.39, 0.29) is 32.5 Å². The normalized spacial score (nSPS) is 12.1. The number of azo groups is 2. The Bertz CT molecular complexity index is 2470. The number of anilines is 4. The number of ketones is 2. The zero-order valence-electron chi connectivity index (χ0n) is 33.0. The maximum absolute atomic E-state index is 13.6. The third kappa shape index (κ3) is 11.6. The molecule has 0 aliphatic rings. The molecule has 5 aromatic carbocycles. The zero-order valence-corrected chi connectivity index (χ0v) is 34.5. The minimum absolute atomic E-state index is 0.0734. The summed E-state index contributed by atoms with van der Waals surface area (Å²) in [5, 5.41) is 27.5. The molecule has 4 amide bonds. The molecule has 14 nitrogen and oxygen atoms in total. The number of rotatable bonds is 16. The Morgan fingerprint density at radius 1 is 0.517 bits per heavy atom. The van der Waals surface area contributed by atoms with Crippen molar-refractivity contribution in [2.24, 2.45) is 20.5 Å². The van der Waals surface area contributed by atoms with Gasteiger partial charge in [-0.1, -0.05) is 73.4 Å². The Balaban J connectivity index is 1.31. The second kappa shape index (κ2) is 20.7. The molecule has 0 saturated heterocycles. The van der Waals surface area contributed by atoms with Crippen LogP contribution in [-0.4, -0.2) is 47.3 Å². The van der Waals surface area contributed by atoms with E-state index in [9.17, 15) is 28.8 Å². The predicted octanol–water partition coefficient (Wildman–Crippen LogP) is 9.98. The highest BCUT2D eigenvalue weighted by Crippen LogP contribution is 2.31. The van der Waals surface area contributed by atoms with Gasteiger partial charge in [-0.3, -0.25) is 28.8 Å². The number of Topliss-reactive ketones (excluding diaryl/α,β-unsaturated/α-hetero) is 2. The van der Waals surface area contributed by atoms with E-state index < -0.39 is 47.3 Å². The first-order valence-electron chi connectivity index (χ1n) is 18.7. The molecule has 0 bridgehead atoms. The van der Waals surface area contributed by atoms with Crippen LogP contribution in [0.15, 0.2) is 130 Å². The molecule has 0 heterocycles. The van der Waals surface area contributed by atoms with Gasteiger partial charge in [0.05, 0.1) is 10.0 Å². The molecule has 0 radical (unpaired) electrons. The molecule has 2 unspecified atom stereocenters. The van der Waals surface area contributed by atoms with E-state index in [0.717, 1.165) is 0 Å². The van der Waals surface area contributed by atoms with Gasteiger partial charge < -0.3 is 21.3 Å². The van der Waals surface area contributed by atoms with Crippen LogP contribution in [0.2, 0.25) is 10.0 Å². The van der Waals surface area contributed by atoms with Crippen molar-refractivity contribution < 1.29 is 28.8 Å². The van der Waals surface area contributed by atoms with Crippen molar-refractivity contribution >= 4 is 92.5 Å². The number of aryl methyl sites for hydroxylation is 2. The smallest absolute Gasteiger partial charge is 0.258 e. The number of carbonyl (C=O) groups excluding carboxylic acids is 6. The summed E-state index contributed by atoms with van der Waals surface area (Å²) in [4.78, 5) is 78.2. The van der Waals surface area contributed by atoms with Crippen LogP contribution in [0.3, 0.4) is 0 Å². The lowest BCUT2D eigenvalue weighted by Crippen LogP contribution is -2.33. The van der Waals surface area contributed by atoms with Crippen LogP contribution in [0.1, 0.15) is 59.5 Å².